The molecular weight excluding hydrogens is 458 g/mol. The van der Waals surface area contributed by atoms with E-state index in [0.29, 0.717) is 26.5 Å². The van der Waals surface area contributed by atoms with Gasteiger partial charge in [0.1, 0.15) is 0 Å². The second-order valence-electron chi connectivity index (χ2n) is 7.55. The normalized spacial score (nSPS) is 14.3. The lowest BCUT2D eigenvalue weighted by molar-refractivity contribution is -0.130. The minimum atomic E-state index is -3.84. The first-order valence-corrected chi connectivity index (χ1v) is 12.6. The first-order chi connectivity index (χ1) is 14.7. The van der Waals surface area contributed by atoms with Crippen molar-refractivity contribution in [3.63, 3.8) is 0 Å². The number of nitrogens with one attached hydrogen (secondary N) is 1. The third-order valence-corrected chi connectivity index (χ3v) is 7.93. The number of rotatable bonds is 6. The number of sulfonamides is 1. The smallest absolute Gasteiger partial charge is 0.308 e. The van der Waals surface area contributed by atoms with Crippen molar-refractivity contribution >= 4 is 54.8 Å². The zero-order valence-corrected chi connectivity index (χ0v) is 19.3. The first-order valence-electron chi connectivity index (χ1n) is 9.95. The summed E-state index contributed by atoms with van der Waals surface area (Å²) in [4.78, 5) is 26.5. The molecule has 2 aromatic carbocycles. The lowest BCUT2D eigenvalue weighted by Gasteiger charge is -2.15. The molecule has 1 aromatic heterocycles. The van der Waals surface area contributed by atoms with Crippen molar-refractivity contribution in [2.45, 2.75) is 37.6 Å². The SMILES string of the molecule is Cc1cc(Cl)ccc1NS(=O)(=O)c1ccc2c(c1)sc(=O)n2CCC(=O)N1CCCC1. The quantitative estimate of drug-likeness (QED) is 0.581. The lowest BCUT2D eigenvalue weighted by Crippen LogP contribution is -2.29. The molecule has 0 bridgehead atoms. The average Bonchev–Trinajstić information content (AvgIpc) is 3.35. The van der Waals surface area contributed by atoms with E-state index < -0.39 is 10.0 Å². The second kappa shape index (κ2) is 8.64. The van der Waals surface area contributed by atoms with Gasteiger partial charge < -0.3 is 4.90 Å². The van der Waals surface area contributed by atoms with E-state index in [1.807, 2.05) is 4.90 Å². The molecule has 10 heteroatoms. The van der Waals surface area contributed by atoms with E-state index in [-0.39, 0.29) is 28.6 Å². The molecule has 0 aliphatic carbocycles. The number of nitrogens with zero attached hydrogens (tertiary/aromatic N) is 2. The summed E-state index contributed by atoms with van der Waals surface area (Å²) in [5.41, 5.74) is 1.78. The standard InChI is InChI=1S/C21H22ClN3O4S2/c1-14-12-15(22)4-6-17(14)23-31(28,29)16-5-7-18-19(13-16)30-21(27)25(18)11-8-20(26)24-9-2-3-10-24/h4-7,12-13,23H,2-3,8-11H2,1H3. The zero-order valence-electron chi connectivity index (χ0n) is 16.9. The summed E-state index contributed by atoms with van der Waals surface area (Å²) in [6, 6.07) is 9.49. The van der Waals surface area contributed by atoms with Crippen molar-refractivity contribution in [3.8, 4) is 0 Å². The van der Waals surface area contributed by atoms with Crippen LogP contribution in [0.25, 0.3) is 10.2 Å². The maximum Gasteiger partial charge on any atom is 0.308 e. The molecule has 1 fully saturated rings. The lowest BCUT2D eigenvalue weighted by atomic mass is 10.2. The topological polar surface area (TPSA) is 88.5 Å². The zero-order chi connectivity index (χ0) is 22.2. The van der Waals surface area contributed by atoms with Crippen LogP contribution in [0.2, 0.25) is 5.02 Å². The summed E-state index contributed by atoms with van der Waals surface area (Å²) in [5.74, 6) is 0.0467. The number of aromatic nitrogens is 1. The van der Waals surface area contributed by atoms with Crippen LogP contribution in [0.5, 0.6) is 0 Å². The van der Waals surface area contributed by atoms with Gasteiger partial charge in [-0.2, -0.15) is 0 Å². The van der Waals surface area contributed by atoms with Crippen molar-refractivity contribution in [3.05, 3.63) is 56.7 Å². The molecule has 3 aromatic rings. The van der Waals surface area contributed by atoms with Gasteiger partial charge in [0, 0.05) is 31.1 Å². The number of amides is 1. The molecule has 2 heterocycles. The van der Waals surface area contributed by atoms with Gasteiger partial charge in [0.15, 0.2) is 0 Å². The second-order valence-corrected chi connectivity index (χ2v) is 10.7. The van der Waals surface area contributed by atoms with Crippen LogP contribution in [0.1, 0.15) is 24.8 Å². The Balaban J connectivity index is 1.57. The monoisotopic (exact) mass is 479 g/mol. The van der Waals surface area contributed by atoms with E-state index in [2.05, 4.69) is 4.72 Å². The molecule has 0 radical (unpaired) electrons. The van der Waals surface area contributed by atoms with Gasteiger partial charge in [0.2, 0.25) is 5.91 Å². The Labute approximate surface area is 189 Å². The van der Waals surface area contributed by atoms with Crippen LogP contribution in [0, 0.1) is 6.92 Å². The molecule has 31 heavy (non-hydrogen) atoms. The van der Waals surface area contributed by atoms with Crippen LogP contribution < -0.4 is 9.60 Å². The van der Waals surface area contributed by atoms with Gasteiger partial charge in [0.05, 0.1) is 20.8 Å². The molecule has 1 aliphatic heterocycles. The van der Waals surface area contributed by atoms with Crippen LogP contribution in [-0.2, 0) is 21.4 Å². The third-order valence-electron chi connectivity index (χ3n) is 5.39. The molecule has 1 amide bonds. The van der Waals surface area contributed by atoms with Crippen LogP contribution >= 0.6 is 22.9 Å². The Bertz CT molecular complexity index is 1310. The number of likely N-dealkylation sites (tertiary alicyclic amines) is 1. The fourth-order valence-corrected chi connectivity index (χ4v) is 6.12. The van der Waals surface area contributed by atoms with Gasteiger partial charge in [-0.3, -0.25) is 18.9 Å². The molecule has 7 nitrogen and oxygen atoms in total. The summed E-state index contributed by atoms with van der Waals surface area (Å²) in [6.07, 6.45) is 2.30. The molecule has 1 aliphatic rings. The van der Waals surface area contributed by atoms with E-state index in [0.717, 1.165) is 37.3 Å². The number of carbonyl (C=O) groups excluding carboxylic acids is 1. The van der Waals surface area contributed by atoms with Gasteiger partial charge in [0.25, 0.3) is 10.0 Å². The van der Waals surface area contributed by atoms with Crippen molar-refractivity contribution in [1.82, 2.24) is 9.47 Å². The fourth-order valence-electron chi connectivity index (χ4n) is 3.70. The number of benzene rings is 2. The highest BCUT2D eigenvalue weighted by Gasteiger charge is 2.20. The highest BCUT2D eigenvalue weighted by Crippen LogP contribution is 2.26. The van der Waals surface area contributed by atoms with Crippen LogP contribution in [0.15, 0.2) is 46.1 Å². The number of halogens is 1. The van der Waals surface area contributed by atoms with Gasteiger partial charge in [-0.1, -0.05) is 22.9 Å². The molecule has 1 saturated heterocycles. The van der Waals surface area contributed by atoms with Crippen LogP contribution in [0.3, 0.4) is 0 Å². The maximum absolute atomic E-state index is 12.9. The molecular formula is C21H22ClN3O4S2. The summed E-state index contributed by atoms with van der Waals surface area (Å²) in [6.45, 7) is 3.60. The van der Waals surface area contributed by atoms with E-state index >= 15 is 0 Å². The van der Waals surface area contributed by atoms with Gasteiger partial charge >= 0.3 is 4.87 Å². The molecule has 4 rings (SSSR count). The van der Waals surface area contributed by atoms with Gasteiger partial charge in [-0.25, -0.2) is 8.42 Å². The molecule has 0 atom stereocenters. The predicted octanol–water partition coefficient (Wildman–Crippen LogP) is 3.84. The largest absolute Gasteiger partial charge is 0.343 e. The molecule has 0 unspecified atom stereocenters. The number of fused-ring (bicyclic) bond motifs is 1. The Hall–Kier alpha value is -2.36. The highest BCUT2D eigenvalue weighted by molar-refractivity contribution is 7.92. The number of hydrogen-bond acceptors (Lipinski definition) is 5. The molecule has 164 valence electrons. The van der Waals surface area contributed by atoms with E-state index in [9.17, 15) is 18.0 Å². The number of aryl methyl sites for hydroxylation is 2. The summed E-state index contributed by atoms with van der Waals surface area (Å²) < 4.78 is 30.4. The van der Waals surface area contributed by atoms with E-state index in [4.69, 9.17) is 11.6 Å². The predicted molar refractivity (Wildman–Crippen MR) is 124 cm³/mol. The van der Waals surface area contributed by atoms with Gasteiger partial charge in [-0.05, 0) is 61.7 Å². The number of hydrogen-bond donors (Lipinski definition) is 1. The third kappa shape index (κ3) is 4.63. The summed E-state index contributed by atoms with van der Waals surface area (Å²) in [5, 5.41) is 0.524. The van der Waals surface area contributed by atoms with Crippen LogP contribution in [-0.4, -0.2) is 36.9 Å². The Morgan fingerprint density at radius 3 is 2.61 bits per heavy atom. The van der Waals surface area contributed by atoms with E-state index in [1.165, 1.54) is 12.1 Å². The van der Waals surface area contributed by atoms with Crippen LogP contribution in [0.4, 0.5) is 5.69 Å². The van der Waals surface area contributed by atoms with Crippen molar-refractivity contribution in [2.75, 3.05) is 17.8 Å². The van der Waals surface area contributed by atoms with Crippen molar-refractivity contribution in [2.24, 2.45) is 0 Å². The van der Waals surface area contributed by atoms with Crippen molar-refractivity contribution < 1.29 is 13.2 Å². The highest BCUT2D eigenvalue weighted by atomic mass is 35.5. The summed E-state index contributed by atoms with van der Waals surface area (Å²) >= 11 is 6.92. The first kappa shape index (κ1) is 21.9. The Morgan fingerprint density at radius 1 is 1.16 bits per heavy atom. The molecule has 0 spiro atoms. The van der Waals surface area contributed by atoms with Gasteiger partial charge in [-0.15, -0.1) is 0 Å². The van der Waals surface area contributed by atoms with E-state index in [1.54, 1.807) is 35.8 Å². The number of thiazole rings is 1. The number of carbonyl (C=O) groups is 1. The fraction of sp³-hybridized carbons (Fsp3) is 0.333. The minimum absolute atomic E-state index is 0.0467. The Morgan fingerprint density at radius 2 is 1.90 bits per heavy atom. The molecule has 1 N–H and O–H groups in total. The van der Waals surface area contributed by atoms with Crippen molar-refractivity contribution in [1.29, 1.82) is 0 Å². The Kier molecular flexibility index (Phi) is 6.09. The maximum atomic E-state index is 12.9. The molecule has 0 saturated carbocycles. The average molecular weight is 480 g/mol. The minimum Gasteiger partial charge on any atom is -0.343 e. The summed E-state index contributed by atoms with van der Waals surface area (Å²) in [7, 11) is -3.84. The number of anilines is 1.